The fraction of sp³-hybridized carbons (Fsp3) is 0.864. The maximum absolute atomic E-state index is 11.0. The standard InChI is InChI=1S/C10H15O.3C4H9.Sn/c1-2-9-4-3-5-10(8-9)6-7-11;3*1-3-4-2;/h2,4,7,10H,3,5-6,8H2,1H3;3*1,3-4H2,2H3;/t10-;;;;/m0..../s1/i1D;;;;. The van der Waals surface area contributed by atoms with Crippen molar-refractivity contribution in [1.82, 2.24) is 0 Å². The molecule has 2 atom stereocenters. The van der Waals surface area contributed by atoms with Crippen LogP contribution in [0.4, 0.5) is 0 Å². The fourth-order valence-corrected chi connectivity index (χ4v) is 21.6. The van der Waals surface area contributed by atoms with E-state index in [9.17, 15) is 4.79 Å². The average Bonchev–Trinajstić information content (AvgIpc) is 2.63. The minimum atomic E-state index is -2.39. The predicted octanol–water partition coefficient (Wildman–Crippen LogP) is 7.54. The van der Waals surface area contributed by atoms with Crippen LogP contribution in [-0.4, -0.2) is 24.7 Å². The topological polar surface area (TPSA) is 17.1 Å². The molecule has 0 aliphatic heterocycles. The van der Waals surface area contributed by atoms with Gasteiger partial charge in [-0.15, -0.1) is 0 Å². The summed E-state index contributed by atoms with van der Waals surface area (Å²) in [7, 11) is 0. The Balaban J connectivity index is 3.06. The van der Waals surface area contributed by atoms with Gasteiger partial charge in [0.1, 0.15) is 0 Å². The molecule has 1 rings (SSSR count). The number of hydrogen-bond donors (Lipinski definition) is 0. The van der Waals surface area contributed by atoms with Crippen molar-refractivity contribution in [3.8, 4) is 0 Å². The molecule has 0 unspecified atom stereocenters. The molecule has 24 heavy (non-hydrogen) atoms. The summed E-state index contributed by atoms with van der Waals surface area (Å²) in [5.74, 6) is 0.555. The van der Waals surface area contributed by atoms with Crippen LogP contribution >= 0.6 is 0 Å². The number of hydrogen-bond acceptors (Lipinski definition) is 1. The first-order chi connectivity index (χ1) is 12.2. The van der Waals surface area contributed by atoms with Gasteiger partial charge < -0.3 is 0 Å². The number of carbonyl (C=O) groups excluding carboxylic acids is 1. The predicted molar refractivity (Wildman–Crippen MR) is 110 cm³/mol. The Kier molecular flexibility index (Phi) is 10.7. The summed E-state index contributed by atoms with van der Waals surface area (Å²) in [6, 6.07) is 0. The number of rotatable bonds is 13. The van der Waals surface area contributed by atoms with Gasteiger partial charge >= 0.3 is 158 Å². The Hall–Kier alpha value is 0.209. The van der Waals surface area contributed by atoms with Crippen LogP contribution in [0.25, 0.3) is 0 Å². The first kappa shape index (κ1) is 20.5. The molecule has 0 spiro atoms. The van der Waals surface area contributed by atoms with Crippen molar-refractivity contribution >= 4 is 24.7 Å². The van der Waals surface area contributed by atoms with Gasteiger partial charge in [-0.05, 0) is 0 Å². The first-order valence-electron chi connectivity index (χ1n) is 11.3. The monoisotopic (exact) mass is 443 g/mol. The summed E-state index contributed by atoms with van der Waals surface area (Å²) in [6.45, 7) is 7.59. The third-order valence-corrected chi connectivity index (χ3v) is 23.0. The van der Waals surface area contributed by atoms with Gasteiger partial charge in [0, 0.05) is 0 Å². The van der Waals surface area contributed by atoms with E-state index in [1.807, 2.05) is 0 Å². The summed E-state index contributed by atoms with van der Waals surface area (Å²) in [6.07, 6.45) is 15.8. The van der Waals surface area contributed by atoms with Crippen molar-refractivity contribution in [2.75, 3.05) is 0 Å². The van der Waals surface area contributed by atoms with Crippen molar-refractivity contribution in [2.45, 2.75) is 109 Å². The van der Waals surface area contributed by atoms with E-state index in [0.717, 1.165) is 25.5 Å². The molecule has 0 aromatic carbocycles. The van der Waals surface area contributed by atoms with Crippen molar-refractivity contribution in [3.05, 3.63) is 11.6 Å². The third-order valence-electron chi connectivity index (χ3n) is 6.21. The van der Waals surface area contributed by atoms with Gasteiger partial charge in [0.2, 0.25) is 0 Å². The molecular formula is C22H42OSn. The van der Waals surface area contributed by atoms with E-state index < -0.39 is 18.4 Å². The van der Waals surface area contributed by atoms with E-state index in [-0.39, 0.29) is 0 Å². The molecule has 0 saturated heterocycles. The molecule has 0 N–H and O–H groups in total. The van der Waals surface area contributed by atoms with Crippen LogP contribution in [0.1, 0.15) is 93.2 Å². The zero-order valence-electron chi connectivity index (χ0n) is 17.6. The van der Waals surface area contributed by atoms with Gasteiger partial charge in [0.05, 0.1) is 0 Å². The van der Waals surface area contributed by atoms with Crippen LogP contribution in [0.5, 0.6) is 0 Å². The Labute approximate surface area is 157 Å². The summed E-state index contributed by atoms with van der Waals surface area (Å²) in [5.41, 5.74) is 1.62. The van der Waals surface area contributed by atoms with E-state index in [2.05, 4.69) is 26.8 Å². The van der Waals surface area contributed by atoms with Gasteiger partial charge in [0.15, 0.2) is 0 Å². The Morgan fingerprint density at radius 3 is 2.21 bits per heavy atom. The van der Waals surface area contributed by atoms with E-state index in [0.29, 0.717) is 16.8 Å². The molecule has 0 radical (unpaired) electrons. The zero-order valence-corrected chi connectivity index (χ0v) is 19.5. The van der Waals surface area contributed by atoms with E-state index in [4.69, 9.17) is 1.37 Å². The van der Waals surface area contributed by atoms with Crippen LogP contribution in [0.15, 0.2) is 11.6 Å². The first-order valence-corrected chi connectivity index (χ1v) is 18.3. The molecular weight excluding hydrogens is 399 g/mol. The molecule has 0 heterocycles. The quantitative estimate of drug-likeness (QED) is 0.164. The molecule has 1 nitrogen and oxygen atoms in total. The zero-order chi connectivity index (χ0) is 18.5. The fourth-order valence-electron chi connectivity index (χ4n) is 4.52. The van der Waals surface area contributed by atoms with Crippen LogP contribution in [0, 0.1) is 5.92 Å². The third kappa shape index (κ3) is 6.84. The molecule has 140 valence electrons. The maximum atomic E-state index is 11.0. The van der Waals surface area contributed by atoms with Gasteiger partial charge in [-0.3, -0.25) is 0 Å². The van der Waals surface area contributed by atoms with Crippen molar-refractivity contribution in [3.63, 3.8) is 0 Å². The second kappa shape index (κ2) is 12.5. The number of carbonyl (C=O) groups is 1. The summed E-state index contributed by atoms with van der Waals surface area (Å²) in [5, 5.41) is 0. The second-order valence-corrected chi connectivity index (χ2v) is 22.1. The molecule has 0 aromatic heterocycles. The SMILES string of the molecule is [2H]C[C@H](C1=CCC[C@@H](CC=O)C1)[Sn]([CH2]CCC)([CH2]CCC)[CH2]CCC. The summed E-state index contributed by atoms with van der Waals surface area (Å²) >= 11 is -2.39. The molecule has 0 aromatic rings. The molecule has 1 aliphatic carbocycles. The van der Waals surface area contributed by atoms with E-state index >= 15 is 0 Å². The molecule has 0 fully saturated rings. The Bertz CT molecular complexity index is 372. The van der Waals surface area contributed by atoms with Crippen LogP contribution < -0.4 is 0 Å². The molecule has 0 saturated carbocycles. The van der Waals surface area contributed by atoms with E-state index in [1.165, 1.54) is 58.3 Å². The van der Waals surface area contributed by atoms with Crippen LogP contribution in [-0.2, 0) is 4.79 Å². The summed E-state index contributed by atoms with van der Waals surface area (Å²) < 4.78 is 13.6. The van der Waals surface area contributed by atoms with Gasteiger partial charge in [-0.1, -0.05) is 0 Å². The van der Waals surface area contributed by atoms with Crippen molar-refractivity contribution < 1.29 is 6.17 Å². The van der Waals surface area contributed by atoms with Crippen molar-refractivity contribution in [2.24, 2.45) is 5.92 Å². The van der Waals surface area contributed by atoms with Crippen LogP contribution in [0.3, 0.4) is 0 Å². The second-order valence-electron chi connectivity index (χ2n) is 8.05. The Morgan fingerprint density at radius 1 is 1.17 bits per heavy atom. The minimum absolute atomic E-state index is 0.555. The van der Waals surface area contributed by atoms with Gasteiger partial charge in [-0.25, -0.2) is 0 Å². The van der Waals surface area contributed by atoms with E-state index in [1.54, 1.807) is 5.57 Å². The molecule has 2 heteroatoms. The number of aldehydes is 1. The Morgan fingerprint density at radius 2 is 1.75 bits per heavy atom. The summed E-state index contributed by atoms with van der Waals surface area (Å²) in [4.78, 5) is 11.0. The number of allylic oxidation sites excluding steroid dienone is 2. The molecule has 0 bridgehead atoms. The van der Waals surface area contributed by atoms with Gasteiger partial charge in [0.25, 0.3) is 0 Å². The average molecular weight is 442 g/mol. The normalized spacial score (nSPS) is 20.4. The van der Waals surface area contributed by atoms with Crippen LogP contribution in [0.2, 0.25) is 17.2 Å². The van der Waals surface area contributed by atoms with Gasteiger partial charge in [-0.2, -0.15) is 0 Å². The van der Waals surface area contributed by atoms with Crippen molar-refractivity contribution in [1.29, 1.82) is 0 Å². The molecule has 0 amide bonds. The molecule has 1 aliphatic rings. The number of unbranched alkanes of at least 4 members (excludes halogenated alkanes) is 3.